The fourth-order valence-corrected chi connectivity index (χ4v) is 3.51. The van der Waals surface area contributed by atoms with Gasteiger partial charge in [-0.25, -0.2) is 4.79 Å². The molecular formula is C21H26N2O2. The molecule has 0 bridgehead atoms. The maximum Gasteiger partial charge on any atom is 0.407 e. The predicted molar refractivity (Wildman–Crippen MR) is 101 cm³/mol. The van der Waals surface area contributed by atoms with Crippen molar-refractivity contribution in [1.29, 1.82) is 0 Å². The van der Waals surface area contributed by atoms with Gasteiger partial charge in [0.15, 0.2) is 0 Å². The maximum atomic E-state index is 12.1. The third kappa shape index (κ3) is 4.02. The molecule has 2 aromatic rings. The fourth-order valence-electron chi connectivity index (χ4n) is 3.51. The fraction of sp³-hybridized carbons (Fsp3) is 0.381. The second kappa shape index (κ2) is 8.17. The molecule has 0 spiro atoms. The van der Waals surface area contributed by atoms with Gasteiger partial charge in [-0.2, -0.15) is 0 Å². The van der Waals surface area contributed by atoms with E-state index in [0.29, 0.717) is 13.2 Å². The quantitative estimate of drug-likeness (QED) is 0.749. The largest absolute Gasteiger partial charge is 0.449 e. The molecule has 25 heavy (non-hydrogen) atoms. The van der Waals surface area contributed by atoms with E-state index in [0.717, 1.165) is 19.3 Å². The zero-order valence-electron chi connectivity index (χ0n) is 14.7. The summed E-state index contributed by atoms with van der Waals surface area (Å²) in [5, 5.41) is 2.91. The Morgan fingerprint density at radius 3 is 2.28 bits per heavy atom. The zero-order valence-corrected chi connectivity index (χ0v) is 14.7. The molecular weight excluding hydrogens is 312 g/mol. The third-order valence-corrected chi connectivity index (χ3v) is 4.80. The molecule has 0 aromatic heterocycles. The first kappa shape index (κ1) is 17.5. The first-order valence-corrected chi connectivity index (χ1v) is 9.02. The van der Waals surface area contributed by atoms with E-state index < -0.39 is 0 Å². The summed E-state index contributed by atoms with van der Waals surface area (Å²) < 4.78 is 5.54. The Morgan fingerprint density at radius 2 is 1.68 bits per heavy atom. The molecule has 2 aromatic carbocycles. The van der Waals surface area contributed by atoms with Crippen LogP contribution in [0.25, 0.3) is 11.1 Å². The molecule has 0 saturated carbocycles. The van der Waals surface area contributed by atoms with Crippen molar-refractivity contribution in [3.05, 3.63) is 59.7 Å². The van der Waals surface area contributed by atoms with Crippen LogP contribution in [0, 0.1) is 0 Å². The van der Waals surface area contributed by atoms with E-state index in [-0.39, 0.29) is 18.1 Å². The number of rotatable bonds is 7. The monoisotopic (exact) mass is 338 g/mol. The Hall–Kier alpha value is -2.33. The lowest BCUT2D eigenvalue weighted by Crippen LogP contribution is -2.33. The number of fused-ring (bicyclic) bond motifs is 3. The number of nitrogens with one attached hydrogen (secondary N) is 1. The Morgan fingerprint density at radius 1 is 1.08 bits per heavy atom. The van der Waals surface area contributed by atoms with E-state index in [1.807, 2.05) is 19.1 Å². The summed E-state index contributed by atoms with van der Waals surface area (Å²) in [5.41, 5.74) is 10.4. The molecule has 1 amide bonds. The van der Waals surface area contributed by atoms with Gasteiger partial charge in [0.05, 0.1) is 0 Å². The molecule has 3 rings (SSSR count). The van der Waals surface area contributed by atoms with Crippen LogP contribution in [0.5, 0.6) is 0 Å². The van der Waals surface area contributed by atoms with Gasteiger partial charge >= 0.3 is 6.09 Å². The number of ether oxygens (including phenoxy) is 1. The van der Waals surface area contributed by atoms with Crippen molar-refractivity contribution in [2.45, 2.75) is 38.1 Å². The standard InChI is InChI=1S/C21H26N2O2/c1-15(8-6-7-13-22)23-21(24)25-14-20-18-11-4-2-9-16(18)17-10-3-5-12-19(17)20/h2-5,9-12,15,20H,6-8,13-14,22H2,1H3,(H,23,24)/t15-/m1/s1. The maximum absolute atomic E-state index is 12.1. The lowest BCUT2D eigenvalue weighted by molar-refractivity contribution is 0.139. The second-order valence-corrected chi connectivity index (χ2v) is 6.66. The molecule has 0 aliphatic heterocycles. The van der Waals surface area contributed by atoms with Crippen LogP contribution in [0.2, 0.25) is 0 Å². The Balaban J connectivity index is 1.61. The summed E-state index contributed by atoms with van der Waals surface area (Å²) in [7, 11) is 0. The zero-order chi connectivity index (χ0) is 17.6. The van der Waals surface area contributed by atoms with Crippen LogP contribution in [0.4, 0.5) is 4.79 Å². The Kier molecular flexibility index (Phi) is 5.71. The molecule has 132 valence electrons. The highest BCUT2D eigenvalue weighted by atomic mass is 16.5. The molecule has 0 heterocycles. The van der Waals surface area contributed by atoms with Crippen molar-refractivity contribution >= 4 is 6.09 Å². The summed E-state index contributed by atoms with van der Waals surface area (Å²) >= 11 is 0. The molecule has 1 aliphatic rings. The van der Waals surface area contributed by atoms with Crippen molar-refractivity contribution in [1.82, 2.24) is 5.32 Å². The van der Waals surface area contributed by atoms with Crippen molar-refractivity contribution < 1.29 is 9.53 Å². The summed E-state index contributed by atoms with van der Waals surface area (Å²) in [5.74, 6) is 0.102. The number of benzene rings is 2. The third-order valence-electron chi connectivity index (χ3n) is 4.80. The molecule has 1 atom stereocenters. The highest BCUT2D eigenvalue weighted by Gasteiger charge is 2.29. The summed E-state index contributed by atoms with van der Waals surface area (Å²) in [4.78, 5) is 12.1. The van der Waals surface area contributed by atoms with Crippen LogP contribution in [0.1, 0.15) is 43.2 Å². The number of amides is 1. The van der Waals surface area contributed by atoms with Gasteiger partial charge in [0.1, 0.15) is 6.61 Å². The van der Waals surface area contributed by atoms with Crippen molar-refractivity contribution in [3.63, 3.8) is 0 Å². The minimum Gasteiger partial charge on any atom is -0.449 e. The highest BCUT2D eigenvalue weighted by Crippen LogP contribution is 2.44. The smallest absolute Gasteiger partial charge is 0.407 e. The minimum atomic E-state index is -0.345. The normalized spacial score (nSPS) is 13.8. The lowest BCUT2D eigenvalue weighted by Gasteiger charge is -2.17. The van der Waals surface area contributed by atoms with E-state index >= 15 is 0 Å². The number of unbranched alkanes of at least 4 members (excludes halogenated alkanes) is 1. The van der Waals surface area contributed by atoms with E-state index in [9.17, 15) is 4.79 Å². The number of hydrogen-bond donors (Lipinski definition) is 2. The van der Waals surface area contributed by atoms with Gasteiger partial charge in [-0.1, -0.05) is 55.0 Å². The van der Waals surface area contributed by atoms with Gasteiger partial charge in [0, 0.05) is 12.0 Å². The van der Waals surface area contributed by atoms with Crippen LogP contribution in [0.15, 0.2) is 48.5 Å². The van der Waals surface area contributed by atoms with Crippen molar-refractivity contribution in [2.24, 2.45) is 5.73 Å². The van der Waals surface area contributed by atoms with Gasteiger partial charge < -0.3 is 15.8 Å². The second-order valence-electron chi connectivity index (χ2n) is 6.66. The van der Waals surface area contributed by atoms with Crippen LogP contribution >= 0.6 is 0 Å². The van der Waals surface area contributed by atoms with Gasteiger partial charge in [0.2, 0.25) is 0 Å². The average molecular weight is 338 g/mol. The van der Waals surface area contributed by atoms with Gasteiger partial charge in [0.25, 0.3) is 0 Å². The molecule has 0 saturated heterocycles. The van der Waals surface area contributed by atoms with Crippen LogP contribution in [-0.2, 0) is 4.74 Å². The van der Waals surface area contributed by atoms with Crippen molar-refractivity contribution in [3.8, 4) is 11.1 Å². The molecule has 4 heteroatoms. The van der Waals surface area contributed by atoms with Crippen LogP contribution in [0.3, 0.4) is 0 Å². The van der Waals surface area contributed by atoms with E-state index in [4.69, 9.17) is 10.5 Å². The summed E-state index contributed by atoms with van der Waals surface area (Å²) in [6.45, 7) is 3.05. The van der Waals surface area contributed by atoms with Crippen molar-refractivity contribution in [2.75, 3.05) is 13.2 Å². The van der Waals surface area contributed by atoms with E-state index in [2.05, 4.69) is 41.7 Å². The number of nitrogens with two attached hydrogens (primary N) is 1. The minimum absolute atomic E-state index is 0.0993. The van der Waals surface area contributed by atoms with E-state index in [1.54, 1.807) is 0 Å². The number of carbonyl (C=O) groups is 1. The summed E-state index contributed by atoms with van der Waals surface area (Å²) in [6, 6.07) is 16.8. The van der Waals surface area contributed by atoms with Gasteiger partial charge in [-0.05, 0) is 48.6 Å². The van der Waals surface area contributed by atoms with Gasteiger partial charge in [-0.15, -0.1) is 0 Å². The average Bonchev–Trinajstić information content (AvgIpc) is 2.94. The SMILES string of the molecule is C[C@H](CCCCN)NC(=O)OCC1c2ccccc2-c2ccccc21. The van der Waals surface area contributed by atoms with Gasteiger partial charge in [-0.3, -0.25) is 0 Å². The number of carbonyl (C=O) groups excluding carboxylic acids is 1. The Labute approximate surface area is 149 Å². The number of hydrogen-bond acceptors (Lipinski definition) is 3. The first-order chi connectivity index (χ1) is 12.2. The highest BCUT2D eigenvalue weighted by molar-refractivity contribution is 5.79. The molecule has 4 nitrogen and oxygen atoms in total. The predicted octanol–water partition coefficient (Wildman–Crippen LogP) is 4.04. The molecule has 1 aliphatic carbocycles. The molecule has 0 unspecified atom stereocenters. The van der Waals surface area contributed by atoms with Crippen LogP contribution in [-0.4, -0.2) is 25.3 Å². The lowest BCUT2D eigenvalue weighted by atomic mass is 9.98. The summed E-state index contributed by atoms with van der Waals surface area (Å²) in [6.07, 6.45) is 2.57. The first-order valence-electron chi connectivity index (χ1n) is 9.02. The topological polar surface area (TPSA) is 64.3 Å². The number of alkyl carbamates (subject to hydrolysis) is 1. The van der Waals surface area contributed by atoms with E-state index in [1.165, 1.54) is 22.3 Å². The molecule has 3 N–H and O–H groups in total. The molecule has 0 fully saturated rings. The Bertz CT molecular complexity index is 684. The molecule has 0 radical (unpaired) electrons. The van der Waals surface area contributed by atoms with Crippen LogP contribution < -0.4 is 11.1 Å².